The van der Waals surface area contributed by atoms with E-state index in [0.717, 1.165) is 24.0 Å². The van der Waals surface area contributed by atoms with Crippen LogP contribution in [0.3, 0.4) is 0 Å². The van der Waals surface area contributed by atoms with Crippen molar-refractivity contribution in [1.82, 2.24) is 0 Å². The average Bonchev–Trinajstić information content (AvgIpc) is 2.47. The number of hydrogen-bond acceptors (Lipinski definition) is 2. The Bertz CT molecular complexity index is 492. The minimum absolute atomic E-state index is 0.196. The van der Waals surface area contributed by atoms with Crippen LogP contribution in [0.4, 0.5) is 0 Å². The highest BCUT2D eigenvalue weighted by atomic mass is 16.3. The van der Waals surface area contributed by atoms with E-state index in [4.69, 9.17) is 5.73 Å². The van der Waals surface area contributed by atoms with Crippen molar-refractivity contribution in [3.63, 3.8) is 0 Å². The summed E-state index contributed by atoms with van der Waals surface area (Å²) < 4.78 is 0. The number of nitrogens with two attached hydrogens (primary N) is 1. The van der Waals surface area contributed by atoms with Crippen molar-refractivity contribution in [2.24, 2.45) is 11.7 Å². The number of rotatable bonds is 5. The molecule has 0 saturated heterocycles. The lowest BCUT2D eigenvalue weighted by atomic mass is 9.76. The van der Waals surface area contributed by atoms with Gasteiger partial charge in [-0.25, -0.2) is 0 Å². The molecule has 0 aromatic heterocycles. The summed E-state index contributed by atoms with van der Waals surface area (Å²) in [5.41, 5.74) is 5.84. The van der Waals surface area contributed by atoms with Gasteiger partial charge in [-0.1, -0.05) is 57.4 Å². The van der Waals surface area contributed by atoms with E-state index in [9.17, 15) is 9.90 Å². The molecule has 0 bridgehead atoms. The van der Waals surface area contributed by atoms with E-state index < -0.39 is 11.5 Å². The SMILES string of the molecule is CC(C)CC(O)(C(N)=O)c1ccccc1C1CCCCC1. The van der Waals surface area contributed by atoms with E-state index in [2.05, 4.69) is 6.07 Å². The van der Waals surface area contributed by atoms with Gasteiger partial charge in [-0.2, -0.15) is 0 Å². The zero-order valence-corrected chi connectivity index (χ0v) is 13.1. The van der Waals surface area contributed by atoms with Crippen molar-refractivity contribution in [3.05, 3.63) is 35.4 Å². The normalized spacial score (nSPS) is 19.4. The summed E-state index contributed by atoms with van der Waals surface area (Å²) in [6.45, 7) is 3.99. The summed E-state index contributed by atoms with van der Waals surface area (Å²) in [4.78, 5) is 12.0. The van der Waals surface area contributed by atoms with E-state index >= 15 is 0 Å². The van der Waals surface area contributed by atoms with Crippen molar-refractivity contribution in [3.8, 4) is 0 Å². The van der Waals surface area contributed by atoms with E-state index in [1.807, 2.05) is 32.0 Å². The molecule has 3 N–H and O–H groups in total. The van der Waals surface area contributed by atoms with Gasteiger partial charge in [-0.15, -0.1) is 0 Å². The fourth-order valence-electron chi connectivity index (χ4n) is 3.58. The van der Waals surface area contributed by atoms with Crippen LogP contribution >= 0.6 is 0 Å². The van der Waals surface area contributed by atoms with E-state index in [1.54, 1.807) is 0 Å². The molecule has 1 aliphatic carbocycles. The average molecular weight is 289 g/mol. The number of benzene rings is 1. The first-order chi connectivity index (χ1) is 9.95. The van der Waals surface area contributed by atoms with Crippen molar-refractivity contribution < 1.29 is 9.90 Å². The molecule has 3 nitrogen and oxygen atoms in total. The Morgan fingerprint density at radius 2 is 1.90 bits per heavy atom. The lowest BCUT2D eigenvalue weighted by Gasteiger charge is -2.32. The third kappa shape index (κ3) is 3.46. The number of primary amides is 1. The summed E-state index contributed by atoms with van der Waals surface area (Å²) in [6, 6.07) is 7.80. The van der Waals surface area contributed by atoms with E-state index in [1.165, 1.54) is 19.3 Å². The zero-order valence-electron chi connectivity index (χ0n) is 13.1. The number of amides is 1. The van der Waals surface area contributed by atoms with Crippen LogP contribution in [0, 0.1) is 5.92 Å². The standard InChI is InChI=1S/C18H27NO2/c1-13(2)12-18(21,17(19)20)16-11-7-6-10-15(16)14-8-4-3-5-9-14/h6-7,10-11,13-14,21H,3-5,8-9,12H2,1-2H3,(H2,19,20). The highest BCUT2D eigenvalue weighted by Crippen LogP contribution is 2.39. The molecule has 1 aromatic rings. The van der Waals surface area contributed by atoms with Crippen molar-refractivity contribution in [2.45, 2.75) is 63.9 Å². The lowest BCUT2D eigenvalue weighted by molar-refractivity contribution is -0.139. The minimum Gasteiger partial charge on any atom is -0.375 e. The van der Waals surface area contributed by atoms with Crippen LogP contribution in [-0.4, -0.2) is 11.0 Å². The molecule has 1 fully saturated rings. The molecule has 116 valence electrons. The van der Waals surface area contributed by atoms with Crippen LogP contribution in [0.5, 0.6) is 0 Å². The maximum atomic E-state index is 12.0. The molecule has 1 amide bonds. The molecule has 0 spiro atoms. The predicted molar refractivity (Wildman–Crippen MR) is 84.8 cm³/mol. The number of carbonyl (C=O) groups excluding carboxylic acids is 1. The molecular weight excluding hydrogens is 262 g/mol. The van der Waals surface area contributed by atoms with Crippen LogP contribution in [0.2, 0.25) is 0 Å². The number of hydrogen-bond donors (Lipinski definition) is 2. The van der Waals surface area contributed by atoms with E-state index in [-0.39, 0.29) is 5.92 Å². The van der Waals surface area contributed by atoms with Gasteiger partial charge in [0.1, 0.15) is 0 Å². The van der Waals surface area contributed by atoms with Gasteiger partial charge in [0.15, 0.2) is 5.60 Å². The molecular formula is C18H27NO2. The Balaban J connectivity index is 2.43. The predicted octanol–water partition coefficient (Wildman–Crippen LogP) is 3.45. The maximum absolute atomic E-state index is 12.0. The Morgan fingerprint density at radius 1 is 1.29 bits per heavy atom. The van der Waals surface area contributed by atoms with Crippen molar-refractivity contribution >= 4 is 5.91 Å². The Morgan fingerprint density at radius 3 is 2.48 bits per heavy atom. The van der Waals surface area contributed by atoms with E-state index in [0.29, 0.717) is 12.3 Å². The molecule has 0 aliphatic heterocycles. The Hall–Kier alpha value is -1.35. The summed E-state index contributed by atoms with van der Waals surface area (Å²) in [5, 5.41) is 11.0. The molecule has 0 heterocycles. The first kappa shape index (κ1) is 16.0. The molecule has 0 radical (unpaired) electrons. The molecule has 1 atom stereocenters. The van der Waals surface area contributed by atoms with Crippen LogP contribution in [0.1, 0.15) is 69.4 Å². The Kier molecular flexibility index (Phi) is 5.04. The van der Waals surface area contributed by atoms with Gasteiger partial charge in [-0.3, -0.25) is 4.79 Å². The third-order valence-electron chi connectivity index (χ3n) is 4.56. The lowest BCUT2D eigenvalue weighted by Crippen LogP contribution is -2.43. The fourth-order valence-corrected chi connectivity index (χ4v) is 3.58. The minimum atomic E-state index is -1.55. The second-order valence-corrected chi connectivity index (χ2v) is 6.74. The van der Waals surface area contributed by atoms with Gasteiger partial charge in [0.05, 0.1) is 0 Å². The van der Waals surface area contributed by atoms with Crippen molar-refractivity contribution in [1.29, 1.82) is 0 Å². The summed E-state index contributed by atoms with van der Waals surface area (Å²) >= 11 is 0. The topological polar surface area (TPSA) is 63.3 Å². The molecule has 2 rings (SSSR count). The van der Waals surface area contributed by atoms with Gasteiger partial charge in [0.25, 0.3) is 5.91 Å². The molecule has 1 saturated carbocycles. The highest BCUT2D eigenvalue weighted by Gasteiger charge is 2.39. The summed E-state index contributed by atoms with van der Waals surface area (Å²) in [5.74, 6) is -0.00522. The summed E-state index contributed by atoms with van der Waals surface area (Å²) in [6.07, 6.45) is 6.36. The van der Waals surface area contributed by atoms with Crippen LogP contribution in [0.25, 0.3) is 0 Å². The fraction of sp³-hybridized carbons (Fsp3) is 0.611. The number of carbonyl (C=O) groups is 1. The smallest absolute Gasteiger partial charge is 0.254 e. The monoisotopic (exact) mass is 289 g/mol. The van der Waals surface area contributed by atoms with Gasteiger partial charge < -0.3 is 10.8 Å². The second-order valence-electron chi connectivity index (χ2n) is 6.74. The van der Waals surface area contributed by atoms with Crippen LogP contribution in [-0.2, 0) is 10.4 Å². The van der Waals surface area contributed by atoms with Gasteiger partial charge in [-0.05, 0) is 42.2 Å². The largest absolute Gasteiger partial charge is 0.375 e. The number of aliphatic hydroxyl groups is 1. The van der Waals surface area contributed by atoms with Gasteiger partial charge >= 0.3 is 0 Å². The maximum Gasteiger partial charge on any atom is 0.254 e. The Labute approximate surface area is 127 Å². The zero-order chi connectivity index (χ0) is 15.5. The summed E-state index contributed by atoms with van der Waals surface area (Å²) in [7, 11) is 0. The third-order valence-corrected chi connectivity index (χ3v) is 4.56. The highest BCUT2D eigenvalue weighted by molar-refractivity contribution is 5.85. The molecule has 21 heavy (non-hydrogen) atoms. The molecule has 1 unspecified atom stereocenters. The van der Waals surface area contributed by atoms with Crippen molar-refractivity contribution in [2.75, 3.05) is 0 Å². The first-order valence-electron chi connectivity index (χ1n) is 8.07. The van der Waals surface area contributed by atoms with Crippen LogP contribution in [0.15, 0.2) is 24.3 Å². The quantitative estimate of drug-likeness (QED) is 0.872. The second kappa shape index (κ2) is 6.61. The molecule has 3 heteroatoms. The molecule has 1 aliphatic rings. The van der Waals surface area contributed by atoms with Gasteiger partial charge in [0, 0.05) is 0 Å². The first-order valence-corrected chi connectivity index (χ1v) is 8.07. The van der Waals surface area contributed by atoms with Crippen LogP contribution < -0.4 is 5.73 Å². The van der Waals surface area contributed by atoms with Gasteiger partial charge in [0.2, 0.25) is 0 Å². The molecule has 1 aromatic carbocycles.